The van der Waals surface area contributed by atoms with Crippen molar-refractivity contribution in [2.75, 3.05) is 0 Å². The minimum atomic E-state index is 0.841. The Bertz CT molecular complexity index is 1090. The van der Waals surface area contributed by atoms with E-state index in [9.17, 15) is 0 Å². The molecule has 0 aliphatic rings. The molecule has 0 saturated carbocycles. The normalized spacial score (nSPS) is 12.4. The third-order valence-electron chi connectivity index (χ3n) is 4.71. The molecule has 29 heavy (non-hydrogen) atoms. The number of hydrogen-bond acceptors (Lipinski definition) is 3. The molecule has 1 heterocycles. The van der Waals surface area contributed by atoms with Gasteiger partial charge in [0.05, 0.1) is 34.2 Å². The summed E-state index contributed by atoms with van der Waals surface area (Å²) in [5.41, 5.74) is 8.78. The summed E-state index contributed by atoms with van der Waals surface area (Å²) < 4.78 is 1.98. The van der Waals surface area contributed by atoms with Crippen LogP contribution in [0, 0.1) is 20.8 Å². The minimum Gasteiger partial charge on any atom is -0.251 e. The van der Waals surface area contributed by atoms with Crippen LogP contribution in [0.2, 0.25) is 0 Å². The number of aromatic nitrogens is 1. The minimum absolute atomic E-state index is 0.841. The predicted octanol–water partition coefficient (Wildman–Crippen LogP) is 7.81. The fraction of sp³-hybridized carbons (Fsp3) is 0.208. The maximum absolute atomic E-state index is 4.85. The maximum Gasteiger partial charge on any atom is 0.0849 e. The van der Waals surface area contributed by atoms with Crippen molar-refractivity contribution in [2.24, 2.45) is 9.98 Å². The lowest BCUT2D eigenvalue weighted by Gasteiger charge is -2.09. The van der Waals surface area contributed by atoms with Gasteiger partial charge >= 0.3 is 0 Å². The van der Waals surface area contributed by atoms with Crippen LogP contribution < -0.4 is 0 Å². The Morgan fingerprint density at radius 2 is 1.24 bits per heavy atom. The van der Waals surface area contributed by atoms with Crippen LogP contribution >= 0.6 is 31.9 Å². The summed E-state index contributed by atoms with van der Waals surface area (Å²) in [5.74, 6) is 0. The summed E-state index contributed by atoms with van der Waals surface area (Å²) in [6.07, 6.45) is 0. The van der Waals surface area contributed by atoms with Gasteiger partial charge in [-0.3, -0.25) is 9.98 Å². The van der Waals surface area contributed by atoms with Crippen LogP contribution in [-0.4, -0.2) is 16.4 Å². The van der Waals surface area contributed by atoms with Crippen LogP contribution in [0.25, 0.3) is 0 Å². The van der Waals surface area contributed by atoms with Gasteiger partial charge in [0.2, 0.25) is 0 Å². The van der Waals surface area contributed by atoms with E-state index >= 15 is 0 Å². The Hall–Kier alpha value is -2.11. The number of aliphatic imine (C=N–C) groups is 2. The van der Waals surface area contributed by atoms with Crippen molar-refractivity contribution in [2.45, 2.75) is 34.6 Å². The maximum atomic E-state index is 4.85. The Kier molecular flexibility index (Phi) is 6.81. The third kappa shape index (κ3) is 5.09. The molecule has 0 atom stereocenters. The highest BCUT2D eigenvalue weighted by atomic mass is 79.9. The highest BCUT2D eigenvalue weighted by Crippen LogP contribution is 2.33. The standard InChI is InChI=1S/C24H23Br2N3/c1-14-8-6-9-15(2)23(14)27-17(4)21-10-7-11-22(29-21)18(5)28-24-16(3)12-19(25)13-20(24)26/h6-13H,1-5H3/b27-17+,28-18+. The summed E-state index contributed by atoms with van der Waals surface area (Å²) in [6.45, 7) is 10.2. The van der Waals surface area contributed by atoms with Crippen LogP contribution in [0.1, 0.15) is 41.9 Å². The molecule has 0 saturated heterocycles. The highest BCUT2D eigenvalue weighted by molar-refractivity contribution is 9.11. The quantitative estimate of drug-likeness (QED) is 0.328. The molecule has 0 fully saturated rings. The van der Waals surface area contributed by atoms with E-state index in [1.807, 2.05) is 45.0 Å². The Morgan fingerprint density at radius 1 is 0.724 bits per heavy atom. The smallest absolute Gasteiger partial charge is 0.0849 e. The van der Waals surface area contributed by atoms with Crippen molar-refractivity contribution >= 4 is 54.7 Å². The van der Waals surface area contributed by atoms with Crippen molar-refractivity contribution in [1.82, 2.24) is 4.98 Å². The average Bonchev–Trinajstić information content (AvgIpc) is 2.67. The zero-order valence-corrected chi connectivity index (χ0v) is 20.4. The summed E-state index contributed by atoms with van der Waals surface area (Å²) in [7, 11) is 0. The summed E-state index contributed by atoms with van der Waals surface area (Å²) in [4.78, 5) is 14.5. The van der Waals surface area contributed by atoms with Gasteiger partial charge in [0.25, 0.3) is 0 Å². The van der Waals surface area contributed by atoms with Gasteiger partial charge in [-0.25, -0.2) is 4.98 Å². The van der Waals surface area contributed by atoms with Crippen molar-refractivity contribution < 1.29 is 0 Å². The first-order valence-corrected chi connectivity index (χ1v) is 10.9. The second-order valence-electron chi connectivity index (χ2n) is 7.10. The molecule has 0 N–H and O–H groups in total. The van der Waals surface area contributed by atoms with Crippen molar-refractivity contribution in [3.05, 3.63) is 85.6 Å². The van der Waals surface area contributed by atoms with Crippen LogP contribution in [0.4, 0.5) is 11.4 Å². The van der Waals surface area contributed by atoms with E-state index in [-0.39, 0.29) is 0 Å². The Labute approximate surface area is 189 Å². The first-order chi connectivity index (χ1) is 13.8. The monoisotopic (exact) mass is 511 g/mol. The topological polar surface area (TPSA) is 37.6 Å². The van der Waals surface area contributed by atoms with E-state index in [4.69, 9.17) is 15.0 Å². The van der Waals surface area contributed by atoms with Gasteiger partial charge in [0, 0.05) is 8.95 Å². The molecule has 0 radical (unpaired) electrons. The van der Waals surface area contributed by atoms with Crippen molar-refractivity contribution in [1.29, 1.82) is 0 Å². The van der Waals surface area contributed by atoms with Crippen LogP contribution in [-0.2, 0) is 0 Å². The molecule has 148 valence electrons. The van der Waals surface area contributed by atoms with E-state index in [0.29, 0.717) is 0 Å². The lowest BCUT2D eigenvalue weighted by Crippen LogP contribution is -2.05. The predicted molar refractivity (Wildman–Crippen MR) is 130 cm³/mol. The molecule has 5 heteroatoms. The first kappa shape index (κ1) is 21.6. The number of nitrogens with zero attached hydrogens (tertiary/aromatic N) is 3. The molecule has 0 bridgehead atoms. The van der Waals surface area contributed by atoms with Gasteiger partial charge in [0.1, 0.15) is 0 Å². The van der Waals surface area contributed by atoms with Crippen molar-refractivity contribution in [3.8, 4) is 0 Å². The van der Waals surface area contributed by atoms with Gasteiger partial charge < -0.3 is 0 Å². The second kappa shape index (κ2) is 9.14. The third-order valence-corrected chi connectivity index (χ3v) is 5.77. The van der Waals surface area contributed by atoms with Crippen LogP contribution in [0.5, 0.6) is 0 Å². The van der Waals surface area contributed by atoms with Gasteiger partial charge in [-0.05, 0) is 91.5 Å². The summed E-state index contributed by atoms with van der Waals surface area (Å²) in [5, 5.41) is 0. The number of benzene rings is 2. The number of rotatable bonds is 4. The van der Waals surface area contributed by atoms with E-state index < -0.39 is 0 Å². The number of para-hydroxylation sites is 1. The van der Waals surface area contributed by atoms with Gasteiger partial charge in [-0.15, -0.1) is 0 Å². The molecule has 0 aliphatic heterocycles. The Morgan fingerprint density at radius 3 is 1.79 bits per heavy atom. The highest BCUT2D eigenvalue weighted by Gasteiger charge is 2.09. The first-order valence-electron chi connectivity index (χ1n) is 9.36. The summed E-state index contributed by atoms with van der Waals surface area (Å²) in [6, 6.07) is 16.3. The molecular formula is C24H23Br2N3. The van der Waals surface area contributed by atoms with E-state index in [1.165, 1.54) is 0 Å². The van der Waals surface area contributed by atoms with Crippen molar-refractivity contribution in [3.63, 3.8) is 0 Å². The molecule has 3 rings (SSSR count). The zero-order chi connectivity index (χ0) is 21.1. The molecule has 0 unspecified atom stereocenters. The van der Waals surface area contributed by atoms with Gasteiger partial charge in [0.15, 0.2) is 0 Å². The Balaban J connectivity index is 1.98. The van der Waals surface area contributed by atoms with Gasteiger partial charge in [-0.1, -0.05) is 40.2 Å². The fourth-order valence-corrected chi connectivity index (χ4v) is 4.63. The fourth-order valence-electron chi connectivity index (χ4n) is 3.11. The summed E-state index contributed by atoms with van der Waals surface area (Å²) >= 11 is 7.13. The molecule has 2 aromatic carbocycles. The lowest BCUT2D eigenvalue weighted by atomic mass is 10.1. The SMILES string of the molecule is C/C(=N\c1c(C)cccc1C)c1cccc(/C(C)=N/c2c(C)cc(Br)cc2Br)n1. The molecule has 0 spiro atoms. The second-order valence-corrected chi connectivity index (χ2v) is 8.87. The van der Waals surface area contributed by atoms with Crippen LogP contribution in [0.3, 0.4) is 0 Å². The number of aryl methyl sites for hydroxylation is 3. The largest absolute Gasteiger partial charge is 0.251 e. The zero-order valence-electron chi connectivity index (χ0n) is 17.2. The lowest BCUT2D eigenvalue weighted by molar-refractivity contribution is 1.23. The van der Waals surface area contributed by atoms with E-state index in [0.717, 1.165) is 59.8 Å². The molecule has 1 aromatic heterocycles. The number of pyridine rings is 1. The molecular weight excluding hydrogens is 490 g/mol. The molecule has 0 aliphatic carbocycles. The number of halogens is 2. The molecule has 3 aromatic rings. The van der Waals surface area contributed by atoms with E-state index in [2.05, 4.69) is 70.0 Å². The van der Waals surface area contributed by atoms with E-state index in [1.54, 1.807) is 0 Å². The van der Waals surface area contributed by atoms with Gasteiger partial charge in [-0.2, -0.15) is 0 Å². The number of hydrogen-bond donors (Lipinski definition) is 0. The molecule has 3 nitrogen and oxygen atoms in total. The van der Waals surface area contributed by atoms with Crippen LogP contribution in [0.15, 0.2) is 67.5 Å². The molecule has 0 amide bonds. The average molecular weight is 513 g/mol.